The van der Waals surface area contributed by atoms with E-state index in [2.05, 4.69) is 0 Å². The molecule has 4 bridgehead atoms. The monoisotopic (exact) mass is 182 g/mol. The molecule has 0 amide bonds. The first kappa shape index (κ1) is 7.13. The molecular formula is C9H10O2S. The van der Waals surface area contributed by atoms with Gasteiger partial charge in [0.2, 0.25) is 0 Å². The second-order valence-corrected chi connectivity index (χ2v) is 5.43. The minimum Gasteiger partial charge on any atom is -0.298 e. The SMILES string of the molecule is O=C1[C@H]2C[C@H]3C[C@@H]1S[C@@H](C2)C3=O. The van der Waals surface area contributed by atoms with E-state index >= 15 is 0 Å². The molecule has 0 aromatic carbocycles. The molecule has 0 aromatic heterocycles. The average molecular weight is 182 g/mol. The van der Waals surface area contributed by atoms with Crippen LogP contribution in [0.4, 0.5) is 0 Å². The zero-order valence-corrected chi connectivity index (χ0v) is 7.47. The number of carbonyl (C=O) groups excluding carboxylic acids is 2. The van der Waals surface area contributed by atoms with Crippen molar-refractivity contribution in [2.24, 2.45) is 11.8 Å². The Labute approximate surface area is 75.1 Å². The maximum Gasteiger partial charge on any atom is 0.149 e. The molecule has 0 spiro atoms. The third-order valence-electron chi connectivity index (χ3n) is 3.33. The van der Waals surface area contributed by atoms with Gasteiger partial charge in [-0.2, -0.15) is 0 Å². The topological polar surface area (TPSA) is 34.1 Å². The summed E-state index contributed by atoms with van der Waals surface area (Å²) in [7, 11) is 0. The van der Waals surface area contributed by atoms with Gasteiger partial charge in [0.1, 0.15) is 11.6 Å². The Hall–Kier alpha value is -0.310. The molecule has 12 heavy (non-hydrogen) atoms. The zero-order chi connectivity index (χ0) is 8.29. The molecule has 4 rings (SSSR count). The number of hydrogen-bond acceptors (Lipinski definition) is 3. The molecule has 4 fully saturated rings. The first-order chi connectivity index (χ1) is 5.75. The van der Waals surface area contributed by atoms with Crippen LogP contribution in [0, 0.1) is 11.8 Å². The first-order valence-corrected chi connectivity index (χ1v) is 5.43. The standard InChI is InChI=1S/C9H10O2S/c10-8-4-1-5-3-7(8)12-6(2-4)9(5)11/h4-7H,1-3H2/t4-,5-,6-,7-/m0/s1. The van der Waals surface area contributed by atoms with Crippen molar-refractivity contribution < 1.29 is 9.59 Å². The largest absolute Gasteiger partial charge is 0.298 e. The van der Waals surface area contributed by atoms with Crippen molar-refractivity contribution in [3.8, 4) is 0 Å². The minimum atomic E-state index is 0.185. The van der Waals surface area contributed by atoms with Crippen LogP contribution in [-0.2, 0) is 9.59 Å². The normalized spacial score (nSPS) is 50.3. The summed E-state index contributed by atoms with van der Waals surface area (Å²) in [5, 5.41) is 0.371. The third kappa shape index (κ3) is 0.729. The van der Waals surface area contributed by atoms with Crippen LogP contribution >= 0.6 is 11.8 Å². The quantitative estimate of drug-likeness (QED) is 0.561. The summed E-state index contributed by atoms with van der Waals surface area (Å²) in [6.07, 6.45) is 2.55. The molecule has 2 saturated heterocycles. The molecule has 2 heterocycles. The lowest BCUT2D eigenvalue weighted by Gasteiger charge is -2.46. The fraction of sp³-hybridized carbons (Fsp3) is 0.778. The van der Waals surface area contributed by atoms with Gasteiger partial charge in [-0.3, -0.25) is 9.59 Å². The summed E-state index contributed by atoms with van der Waals surface area (Å²) in [4.78, 5) is 23.1. The number of carbonyl (C=O) groups is 2. The van der Waals surface area contributed by atoms with Gasteiger partial charge in [-0.05, 0) is 19.3 Å². The summed E-state index contributed by atoms with van der Waals surface area (Å²) < 4.78 is 0. The Kier molecular flexibility index (Phi) is 1.27. The van der Waals surface area contributed by atoms with Crippen molar-refractivity contribution >= 4 is 23.3 Å². The fourth-order valence-electron chi connectivity index (χ4n) is 2.72. The van der Waals surface area contributed by atoms with Crippen LogP contribution in [0.2, 0.25) is 0 Å². The predicted molar refractivity (Wildman–Crippen MR) is 46.0 cm³/mol. The highest BCUT2D eigenvalue weighted by Gasteiger charge is 2.52. The Morgan fingerprint density at radius 1 is 0.917 bits per heavy atom. The molecule has 0 aromatic rings. The van der Waals surface area contributed by atoms with Crippen LogP contribution in [0.5, 0.6) is 0 Å². The van der Waals surface area contributed by atoms with E-state index in [0.717, 1.165) is 19.3 Å². The molecule has 2 aliphatic heterocycles. The van der Waals surface area contributed by atoms with Gasteiger partial charge in [0.15, 0.2) is 0 Å². The summed E-state index contributed by atoms with van der Waals surface area (Å²) >= 11 is 1.62. The van der Waals surface area contributed by atoms with Gasteiger partial charge in [-0.25, -0.2) is 0 Å². The van der Waals surface area contributed by atoms with E-state index < -0.39 is 0 Å². The maximum atomic E-state index is 11.5. The first-order valence-electron chi connectivity index (χ1n) is 4.48. The van der Waals surface area contributed by atoms with Crippen molar-refractivity contribution in [2.45, 2.75) is 29.8 Å². The van der Waals surface area contributed by atoms with E-state index in [1.54, 1.807) is 11.8 Å². The number of thioether (sulfide) groups is 1. The molecule has 2 saturated carbocycles. The molecule has 4 atom stereocenters. The second-order valence-electron chi connectivity index (χ2n) is 4.02. The molecule has 0 radical (unpaired) electrons. The number of ketones is 2. The Morgan fingerprint density at radius 3 is 1.83 bits per heavy atom. The van der Waals surface area contributed by atoms with E-state index in [1.807, 2.05) is 0 Å². The van der Waals surface area contributed by atoms with Gasteiger partial charge in [0, 0.05) is 11.8 Å². The van der Waals surface area contributed by atoms with Crippen molar-refractivity contribution in [2.75, 3.05) is 0 Å². The summed E-state index contributed by atoms with van der Waals surface area (Å²) in [6, 6.07) is 0. The van der Waals surface area contributed by atoms with Crippen molar-refractivity contribution in [3.63, 3.8) is 0 Å². The van der Waals surface area contributed by atoms with Gasteiger partial charge in [0.25, 0.3) is 0 Å². The molecule has 0 N–H and O–H groups in total. The lowest BCUT2D eigenvalue weighted by molar-refractivity contribution is -0.134. The van der Waals surface area contributed by atoms with E-state index in [4.69, 9.17) is 0 Å². The van der Waals surface area contributed by atoms with E-state index in [0.29, 0.717) is 11.6 Å². The van der Waals surface area contributed by atoms with Crippen molar-refractivity contribution in [1.29, 1.82) is 0 Å². The van der Waals surface area contributed by atoms with Crippen molar-refractivity contribution in [3.05, 3.63) is 0 Å². The average Bonchev–Trinajstić information content (AvgIpc) is 2.02. The Morgan fingerprint density at radius 2 is 1.42 bits per heavy atom. The van der Waals surface area contributed by atoms with Crippen LogP contribution in [0.3, 0.4) is 0 Å². The Balaban J connectivity index is 2.01. The molecule has 0 unspecified atom stereocenters. The zero-order valence-electron chi connectivity index (χ0n) is 6.66. The lowest BCUT2D eigenvalue weighted by atomic mass is 9.70. The molecule has 4 aliphatic rings. The third-order valence-corrected chi connectivity index (χ3v) is 4.84. The van der Waals surface area contributed by atoms with Gasteiger partial charge in [-0.15, -0.1) is 11.8 Å². The van der Waals surface area contributed by atoms with E-state index in [9.17, 15) is 9.59 Å². The summed E-state index contributed by atoms with van der Waals surface area (Å²) in [5.41, 5.74) is 0. The molecular weight excluding hydrogens is 172 g/mol. The minimum absolute atomic E-state index is 0.185. The van der Waals surface area contributed by atoms with Crippen LogP contribution in [0.15, 0.2) is 0 Å². The number of Topliss-reactive ketones (excluding diaryl/α,β-unsaturated/α-hetero) is 2. The maximum absolute atomic E-state index is 11.5. The number of rotatable bonds is 0. The van der Waals surface area contributed by atoms with Crippen LogP contribution in [-0.4, -0.2) is 22.1 Å². The van der Waals surface area contributed by atoms with E-state index in [1.165, 1.54) is 0 Å². The van der Waals surface area contributed by atoms with Gasteiger partial charge >= 0.3 is 0 Å². The van der Waals surface area contributed by atoms with Gasteiger partial charge < -0.3 is 0 Å². The second kappa shape index (κ2) is 2.13. The lowest BCUT2D eigenvalue weighted by Crippen LogP contribution is -2.52. The highest BCUT2D eigenvalue weighted by molar-refractivity contribution is 8.02. The summed E-state index contributed by atoms with van der Waals surface area (Å²) in [5.74, 6) is 1.36. The predicted octanol–water partition coefficient (Wildman–Crippen LogP) is 1.04. The fourth-order valence-corrected chi connectivity index (χ4v) is 4.46. The highest BCUT2D eigenvalue weighted by atomic mass is 32.2. The molecule has 2 aliphatic carbocycles. The highest BCUT2D eigenvalue weighted by Crippen LogP contribution is 2.50. The number of hydrogen-bond donors (Lipinski definition) is 0. The molecule has 64 valence electrons. The van der Waals surface area contributed by atoms with E-state index in [-0.39, 0.29) is 22.3 Å². The molecule has 2 nitrogen and oxygen atoms in total. The Bertz CT molecular complexity index is 214. The van der Waals surface area contributed by atoms with Crippen LogP contribution < -0.4 is 0 Å². The van der Waals surface area contributed by atoms with Gasteiger partial charge in [-0.1, -0.05) is 0 Å². The summed E-state index contributed by atoms with van der Waals surface area (Å²) in [6.45, 7) is 0. The van der Waals surface area contributed by atoms with Crippen LogP contribution in [0.25, 0.3) is 0 Å². The molecule has 3 heteroatoms. The van der Waals surface area contributed by atoms with Crippen LogP contribution in [0.1, 0.15) is 19.3 Å². The van der Waals surface area contributed by atoms with Crippen molar-refractivity contribution in [1.82, 2.24) is 0 Å². The smallest absolute Gasteiger partial charge is 0.149 e. The van der Waals surface area contributed by atoms with Gasteiger partial charge in [0.05, 0.1) is 10.5 Å².